The maximum absolute atomic E-state index is 14.4. The highest BCUT2D eigenvalue weighted by Gasteiger charge is 2.33. The first kappa shape index (κ1) is 32.5. The Morgan fingerprint density at radius 1 is 1.04 bits per heavy atom. The van der Waals surface area contributed by atoms with Gasteiger partial charge in [-0.2, -0.15) is 0 Å². The van der Waals surface area contributed by atoms with Crippen LogP contribution >= 0.6 is 34.5 Å². The van der Waals surface area contributed by atoms with Crippen molar-refractivity contribution in [3.63, 3.8) is 0 Å². The van der Waals surface area contributed by atoms with E-state index in [9.17, 15) is 14.7 Å². The van der Waals surface area contributed by atoms with Crippen molar-refractivity contribution in [2.24, 2.45) is 4.99 Å². The maximum atomic E-state index is 14.4. The number of fused-ring (bicyclic) bond motifs is 2. The van der Waals surface area contributed by atoms with Crippen molar-refractivity contribution >= 4 is 63.1 Å². The quantitative estimate of drug-likeness (QED) is 0.174. The van der Waals surface area contributed by atoms with Gasteiger partial charge in [0.05, 0.1) is 28.5 Å². The van der Waals surface area contributed by atoms with Crippen LogP contribution in [0, 0.1) is 0 Å². The molecular formula is C38H30Cl2N4O4S. The second-order valence-electron chi connectivity index (χ2n) is 11.5. The summed E-state index contributed by atoms with van der Waals surface area (Å²) in [4.78, 5) is 33.6. The van der Waals surface area contributed by atoms with Crippen molar-refractivity contribution in [1.82, 2.24) is 9.13 Å². The Morgan fingerprint density at radius 2 is 1.82 bits per heavy atom. The molecule has 0 saturated carbocycles. The van der Waals surface area contributed by atoms with E-state index < -0.39 is 6.04 Å². The molecule has 7 rings (SSSR count). The van der Waals surface area contributed by atoms with Crippen LogP contribution in [0.1, 0.15) is 36.6 Å². The van der Waals surface area contributed by atoms with E-state index in [-0.39, 0.29) is 23.0 Å². The average Bonchev–Trinajstić information content (AvgIpc) is 3.59. The normalized spacial score (nSPS) is 14.5. The number of halogens is 2. The maximum Gasteiger partial charge on any atom is 0.271 e. The smallest absolute Gasteiger partial charge is 0.271 e. The zero-order valence-corrected chi connectivity index (χ0v) is 28.8. The number of allylic oxidation sites excluding steroid dienone is 1. The van der Waals surface area contributed by atoms with Crippen LogP contribution in [-0.4, -0.2) is 26.8 Å². The number of hydrogen-bond acceptors (Lipinski definition) is 6. The third-order valence-corrected chi connectivity index (χ3v) is 9.93. The van der Waals surface area contributed by atoms with Crippen LogP contribution in [0.25, 0.3) is 17.0 Å². The van der Waals surface area contributed by atoms with Gasteiger partial charge in [-0.3, -0.25) is 14.2 Å². The molecule has 6 aromatic rings. The van der Waals surface area contributed by atoms with Gasteiger partial charge in [-0.05, 0) is 73.5 Å². The molecule has 0 spiro atoms. The van der Waals surface area contributed by atoms with Crippen LogP contribution in [0.3, 0.4) is 0 Å². The number of carbonyl (C=O) groups is 1. The van der Waals surface area contributed by atoms with Gasteiger partial charge in [0.1, 0.15) is 0 Å². The van der Waals surface area contributed by atoms with E-state index in [4.69, 9.17) is 32.9 Å². The molecule has 49 heavy (non-hydrogen) atoms. The first-order chi connectivity index (χ1) is 23.7. The second-order valence-corrected chi connectivity index (χ2v) is 13.4. The molecule has 8 nitrogen and oxygen atoms in total. The van der Waals surface area contributed by atoms with Crippen molar-refractivity contribution in [1.29, 1.82) is 0 Å². The lowest BCUT2D eigenvalue weighted by Crippen LogP contribution is -2.40. The fourth-order valence-corrected chi connectivity index (χ4v) is 7.62. The molecule has 0 radical (unpaired) electrons. The van der Waals surface area contributed by atoms with Crippen molar-refractivity contribution in [3.8, 4) is 11.5 Å². The van der Waals surface area contributed by atoms with Crippen molar-refractivity contribution in [2.45, 2.75) is 26.4 Å². The van der Waals surface area contributed by atoms with Crippen LogP contribution < -0.4 is 24.9 Å². The monoisotopic (exact) mass is 708 g/mol. The van der Waals surface area contributed by atoms with Gasteiger partial charge in [0.15, 0.2) is 16.3 Å². The van der Waals surface area contributed by atoms with Crippen LogP contribution in [0.5, 0.6) is 11.5 Å². The minimum Gasteiger partial charge on any atom is -0.504 e. The summed E-state index contributed by atoms with van der Waals surface area (Å²) < 4.78 is 9.79. The molecule has 246 valence electrons. The molecule has 4 aromatic carbocycles. The van der Waals surface area contributed by atoms with Crippen molar-refractivity contribution in [2.75, 3.05) is 11.9 Å². The van der Waals surface area contributed by atoms with Gasteiger partial charge in [0.2, 0.25) is 0 Å². The Morgan fingerprint density at radius 3 is 2.59 bits per heavy atom. The number of nitrogens with zero attached hydrogens (tertiary/aromatic N) is 3. The first-order valence-corrected chi connectivity index (χ1v) is 17.2. The Kier molecular flexibility index (Phi) is 8.90. The lowest BCUT2D eigenvalue weighted by atomic mass is 9.94. The molecule has 2 aromatic heterocycles. The standard InChI is InChI=1S/C38H30Cl2N4O4S/c1-3-48-32-17-23(14-16-31(32)45)35-34(36(46)42-27-9-5-4-6-10-27)22(2)41-38-44(35)37(47)33(49-38)18-25-21-43(30-12-8-7-11-28(25)30)20-24-13-15-26(39)19-29(24)40/h4-19,21,35,45H,3,20H2,1-2H3,(H,42,46)/b33-18-/t35-/m0/s1. The summed E-state index contributed by atoms with van der Waals surface area (Å²) in [5, 5.41) is 15.6. The number of amides is 1. The largest absolute Gasteiger partial charge is 0.504 e. The lowest BCUT2D eigenvalue weighted by Gasteiger charge is -2.26. The van der Waals surface area contributed by atoms with Gasteiger partial charge < -0.3 is 19.7 Å². The van der Waals surface area contributed by atoms with E-state index in [2.05, 4.69) is 9.88 Å². The van der Waals surface area contributed by atoms with Crippen LogP contribution in [0.2, 0.25) is 10.0 Å². The minimum atomic E-state index is -0.838. The highest BCUT2D eigenvalue weighted by atomic mass is 35.5. The van der Waals surface area contributed by atoms with Gasteiger partial charge >= 0.3 is 0 Å². The Balaban J connectivity index is 1.37. The fraction of sp³-hybridized carbons (Fsp3) is 0.132. The first-order valence-electron chi connectivity index (χ1n) is 15.6. The number of hydrogen-bond donors (Lipinski definition) is 2. The number of phenolic OH excluding ortho intramolecular Hbond substituents is 1. The molecule has 0 unspecified atom stereocenters. The number of anilines is 1. The minimum absolute atomic E-state index is 0.0368. The van der Waals surface area contributed by atoms with E-state index in [1.54, 1.807) is 41.8 Å². The second kappa shape index (κ2) is 13.4. The third-order valence-electron chi connectivity index (χ3n) is 8.36. The number of thiazole rings is 1. The highest BCUT2D eigenvalue weighted by molar-refractivity contribution is 7.07. The molecule has 0 saturated heterocycles. The summed E-state index contributed by atoms with van der Waals surface area (Å²) in [6.07, 6.45) is 3.87. The molecular weight excluding hydrogens is 679 g/mol. The number of aromatic hydroxyl groups is 1. The number of ether oxygens (including phenoxy) is 1. The van der Waals surface area contributed by atoms with E-state index in [1.165, 1.54) is 17.4 Å². The molecule has 3 heterocycles. The summed E-state index contributed by atoms with van der Waals surface area (Å²) in [7, 11) is 0. The molecule has 1 aliphatic heterocycles. The number of nitrogens with one attached hydrogen (secondary N) is 1. The Bertz CT molecular complexity index is 2470. The fourth-order valence-electron chi connectivity index (χ4n) is 6.11. The number of para-hydroxylation sites is 2. The highest BCUT2D eigenvalue weighted by Crippen LogP contribution is 2.36. The number of rotatable bonds is 8. The molecule has 1 amide bonds. The van der Waals surface area contributed by atoms with Gasteiger partial charge in [-0.25, -0.2) is 4.99 Å². The molecule has 0 fully saturated rings. The van der Waals surface area contributed by atoms with Crippen LogP contribution in [0.4, 0.5) is 5.69 Å². The molecule has 0 bridgehead atoms. The third kappa shape index (κ3) is 6.28. The van der Waals surface area contributed by atoms with Gasteiger partial charge in [-0.15, -0.1) is 0 Å². The van der Waals surface area contributed by atoms with Gasteiger partial charge in [0.25, 0.3) is 11.5 Å². The van der Waals surface area contributed by atoms with E-state index >= 15 is 0 Å². The SMILES string of the molecule is CCOc1cc([C@H]2C(C(=O)Nc3ccccc3)=C(C)N=c3s/c(=C\c4cn(Cc5ccc(Cl)cc5Cl)c5ccccc45)c(=O)n32)ccc1O. The molecule has 1 aliphatic rings. The molecule has 1 atom stereocenters. The van der Waals surface area contributed by atoms with Gasteiger partial charge in [0, 0.05) is 44.9 Å². The predicted octanol–water partition coefficient (Wildman–Crippen LogP) is 7.29. The summed E-state index contributed by atoms with van der Waals surface area (Å²) in [5.41, 5.74) is 4.45. The van der Waals surface area contributed by atoms with Gasteiger partial charge in [-0.1, -0.05) is 83.1 Å². The molecule has 0 aliphatic carbocycles. The van der Waals surface area contributed by atoms with Crippen molar-refractivity contribution in [3.05, 3.63) is 155 Å². The average molecular weight is 710 g/mol. The zero-order chi connectivity index (χ0) is 34.2. The zero-order valence-electron chi connectivity index (χ0n) is 26.5. The number of aromatic nitrogens is 2. The number of benzene rings is 4. The molecule has 2 N–H and O–H groups in total. The predicted molar refractivity (Wildman–Crippen MR) is 196 cm³/mol. The Labute approximate surface area is 295 Å². The summed E-state index contributed by atoms with van der Waals surface area (Å²) in [6, 6.07) is 26.6. The number of phenols is 1. The molecule has 11 heteroatoms. The summed E-state index contributed by atoms with van der Waals surface area (Å²) in [5.74, 6) is -0.167. The topological polar surface area (TPSA) is 97.9 Å². The van der Waals surface area contributed by atoms with Crippen molar-refractivity contribution < 1.29 is 14.6 Å². The van der Waals surface area contributed by atoms with E-state index in [0.717, 1.165) is 22.0 Å². The summed E-state index contributed by atoms with van der Waals surface area (Å²) in [6.45, 7) is 4.42. The Hall–Kier alpha value is -5.09. The van der Waals surface area contributed by atoms with E-state index in [1.807, 2.05) is 73.8 Å². The van der Waals surface area contributed by atoms with Crippen LogP contribution in [-0.2, 0) is 11.3 Å². The van der Waals surface area contributed by atoms with E-state index in [0.29, 0.717) is 55.1 Å². The van der Waals surface area contributed by atoms with Crippen LogP contribution in [0.15, 0.2) is 118 Å². The summed E-state index contributed by atoms with van der Waals surface area (Å²) >= 11 is 13.9. The lowest BCUT2D eigenvalue weighted by molar-refractivity contribution is -0.113. The number of carbonyl (C=O) groups excluding carboxylic acids is 1.